The van der Waals surface area contributed by atoms with Crippen LogP contribution < -0.4 is 11.1 Å². The maximum atomic E-state index is 13.9. The number of rotatable bonds is 6. The van der Waals surface area contributed by atoms with Gasteiger partial charge in [-0.15, -0.1) is 0 Å². The molecule has 2 aliphatic heterocycles. The summed E-state index contributed by atoms with van der Waals surface area (Å²) in [6.07, 6.45) is 8.82. The Bertz CT molecular complexity index is 2190. The number of carbonyl (C=O) groups excluding carboxylic acids is 1. The number of aromatic nitrogens is 7. The quantitative estimate of drug-likeness (QED) is 0.279. The molecule has 0 atom stereocenters. The number of benzene rings is 2. The lowest BCUT2D eigenvalue weighted by Gasteiger charge is -2.31. The largest absolute Gasteiger partial charge is 0.336 e. The molecule has 0 bridgehead atoms. The van der Waals surface area contributed by atoms with Crippen molar-refractivity contribution in [1.29, 1.82) is 0 Å². The molecule has 12 nitrogen and oxygen atoms in total. The maximum absolute atomic E-state index is 13.9. The number of imidazole rings is 1. The molecule has 2 aliphatic rings. The fourth-order valence-electron chi connectivity index (χ4n) is 6.86. The predicted octanol–water partition coefficient (Wildman–Crippen LogP) is 4.35. The van der Waals surface area contributed by atoms with Crippen LogP contribution in [0.4, 0.5) is 0 Å². The molecule has 2 aromatic carbocycles. The number of likely N-dealkylation sites (tertiary alicyclic amines) is 1. The number of hydrogen-bond acceptors (Lipinski definition) is 8. The van der Waals surface area contributed by atoms with E-state index < -0.39 is 0 Å². The van der Waals surface area contributed by atoms with Gasteiger partial charge in [0, 0.05) is 62.1 Å². The van der Waals surface area contributed by atoms with Crippen molar-refractivity contribution in [3.63, 3.8) is 0 Å². The third kappa shape index (κ3) is 5.06. The number of piperidine rings is 1. The number of nitrogens with one attached hydrogen (secondary N) is 2. The molecule has 6 heterocycles. The highest BCUT2D eigenvalue weighted by molar-refractivity contribution is 6.04. The third-order valence-electron chi connectivity index (χ3n) is 9.39. The molecule has 47 heavy (non-hydrogen) atoms. The van der Waals surface area contributed by atoms with E-state index in [2.05, 4.69) is 57.1 Å². The molecule has 1 saturated heterocycles. The number of H-pyrrole nitrogens is 1. The molecule has 236 valence electrons. The average Bonchev–Trinajstić information content (AvgIpc) is 3.87. The van der Waals surface area contributed by atoms with Crippen molar-refractivity contribution in [2.24, 2.45) is 0 Å². The molecule has 0 saturated carbocycles. The number of aromatic amines is 1. The maximum Gasteiger partial charge on any atom is 0.333 e. The van der Waals surface area contributed by atoms with Crippen LogP contribution >= 0.6 is 0 Å². The molecule has 0 spiro atoms. The Morgan fingerprint density at radius 2 is 1.77 bits per heavy atom. The van der Waals surface area contributed by atoms with Gasteiger partial charge in [-0.25, -0.2) is 15.2 Å². The van der Waals surface area contributed by atoms with E-state index in [1.807, 2.05) is 58.9 Å². The molecule has 0 radical (unpaired) electrons. The van der Waals surface area contributed by atoms with E-state index in [0.717, 1.165) is 69.4 Å². The van der Waals surface area contributed by atoms with Crippen molar-refractivity contribution in [1.82, 2.24) is 49.6 Å². The molecule has 4 aromatic heterocycles. The predicted molar refractivity (Wildman–Crippen MR) is 180 cm³/mol. The first kappa shape index (κ1) is 28.8. The van der Waals surface area contributed by atoms with Gasteiger partial charge in [-0.1, -0.05) is 24.3 Å². The van der Waals surface area contributed by atoms with Gasteiger partial charge in [0.15, 0.2) is 0 Å². The fraction of sp³-hybridized carbons (Fsp3) is 0.257. The van der Waals surface area contributed by atoms with Gasteiger partial charge in [0.25, 0.3) is 5.91 Å². The average molecular weight is 627 g/mol. The molecule has 1 fully saturated rings. The zero-order valence-corrected chi connectivity index (χ0v) is 26.2. The summed E-state index contributed by atoms with van der Waals surface area (Å²) in [5, 5.41) is 9.31. The lowest BCUT2D eigenvalue weighted by atomic mass is 9.89. The molecular formula is C35H34N10O2. The first-order valence-corrected chi connectivity index (χ1v) is 15.9. The first-order valence-electron chi connectivity index (χ1n) is 15.9. The second-order valence-corrected chi connectivity index (χ2v) is 12.1. The minimum atomic E-state index is -0.117. The first-order chi connectivity index (χ1) is 23.0. The van der Waals surface area contributed by atoms with Crippen molar-refractivity contribution in [2.75, 3.05) is 26.7 Å². The number of hydrazine groups is 1. The molecule has 8 rings (SSSR count). The van der Waals surface area contributed by atoms with Crippen LogP contribution in [-0.4, -0.2) is 76.8 Å². The molecule has 0 unspecified atom stereocenters. The summed E-state index contributed by atoms with van der Waals surface area (Å²) >= 11 is 0. The summed E-state index contributed by atoms with van der Waals surface area (Å²) in [6, 6.07) is 18.6. The molecule has 1 amide bonds. The Labute approximate surface area is 270 Å². The van der Waals surface area contributed by atoms with E-state index >= 15 is 0 Å². The van der Waals surface area contributed by atoms with Gasteiger partial charge in [0.1, 0.15) is 6.33 Å². The molecular weight excluding hydrogens is 592 g/mol. The number of carbonyl (C=O) groups is 1. The molecule has 2 N–H and O–H groups in total. The van der Waals surface area contributed by atoms with Crippen molar-refractivity contribution < 1.29 is 4.79 Å². The lowest BCUT2D eigenvalue weighted by Crippen LogP contribution is -2.38. The van der Waals surface area contributed by atoms with Gasteiger partial charge in [-0.3, -0.25) is 29.0 Å². The van der Waals surface area contributed by atoms with Crippen molar-refractivity contribution in [3.8, 4) is 16.8 Å². The smallest absolute Gasteiger partial charge is 0.333 e. The Morgan fingerprint density at radius 3 is 2.45 bits per heavy atom. The van der Waals surface area contributed by atoms with Gasteiger partial charge in [-0.2, -0.15) is 5.10 Å². The lowest BCUT2D eigenvalue weighted by molar-refractivity contribution is 0.0701. The van der Waals surface area contributed by atoms with Crippen molar-refractivity contribution in [2.45, 2.75) is 32.2 Å². The summed E-state index contributed by atoms with van der Waals surface area (Å²) < 4.78 is 3.59. The van der Waals surface area contributed by atoms with Gasteiger partial charge >= 0.3 is 5.69 Å². The highest BCUT2D eigenvalue weighted by atomic mass is 16.2. The number of pyridine rings is 2. The van der Waals surface area contributed by atoms with Crippen LogP contribution in [0.25, 0.3) is 44.3 Å². The Morgan fingerprint density at radius 1 is 0.957 bits per heavy atom. The van der Waals surface area contributed by atoms with E-state index in [-0.39, 0.29) is 17.4 Å². The molecule has 0 aliphatic carbocycles. The fourth-order valence-corrected chi connectivity index (χ4v) is 6.86. The SMILES string of the molecule is CCn1c(=O)n(-c2ccc(C3CCN(C(=O)c4ncn[nH]4)CC3)cc2)c2c3cc(-c4ccc(C5=CN(C)NC5)nc4)ccc3ncc21. The Kier molecular flexibility index (Phi) is 7.13. The third-order valence-corrected chi connectivity index (χ3v) is 9.39. The second kappa shape index (κ2) is 11.6. The Balaban J connectivity index is 1.12. The normalized spacial score (nSPS) is 15.6. The minimum Gasteiger partial charge on any atom is -0.336 e. The second-order valence-electron chi connectivity index (χ2n) is 12.1. The van der Waals surface area contributed by atoms with Crippen LogP contribution in [0.5, 0.6) is 0 Å². The van der Waals surface area contributed by atoms with Crippen LogP contribution in [0.3, 0.4) is 0 Å². The summed E-state index contributed by atoms with van der Waals surface area (Å²) in [5.74, 6) is 0.483. The summed E-state index contributed by atoms with van der Waals surface area (Å²) in [5.41, 5.74) is 11.7. The van der Waals surface area contributed by atoms with Gasteiger partial charge in [0.05, 0.1) is 34.1 Å². The number of amides is 1. The zero-order valence-electron chi connectivity index (χ0n) is 26.2. The molecule has 6 aromatic rings. The number of aryl methyl sites for hydroxylation is 1. The van der Waals surface area contributed by atoms with Crippen LogP contribution in [0, 0.1) is 0 Å². The monoisotopic (exact) mass is 626 g/mol. The summed E-state index contributed by atoms with van der Waals surface area (Å²) in [7, 11) is 1.97. The highest BCUT2D eigenvalue weighted by Crippen LogP contribution is 2.32. The summed E-state index contributed by atoms with van der Waals surface area (Å²) in [4.78, 5) is 41.9. The number of nitrogens with zero attached hydrogens (tertiary/aromatic N) is 8. The van der Waals surface area contributed by atoms with Crippen LogP contribution in [0.1, 0.15) is 47.6 Å². The van der Waals surface area contributed by atoms with E-state index in [0.29, 0.717) is 25.6 Å². The zero-order chi connectivity index (χ0) is 32.1. The topological polar surface area (TPSA) is 130 Å². The summed E-state index contributed by atoms with van der Waals surface area (Å²) in [6.45, 7) is 4.57. The van der Waals surface area contributed by atoms with Crippen LogP contribution in [-0.2, 0) is 6.54 Å². The number of hydrogen-bond donors (Lipinski definition) is 2. The van der Waals surface area contributed by atoms with Crippen LogP contribution in [0.15, 0.2) is 84.3 Å². The number of fused-ring (bicyclic) bond motifs is 3. The van der Waals surface area contributed by atoms with E-state index in [4.69, 9.17) is 9.97 Å². The van der Waals surface area contributed by atoms with E-state index in [9.17, 15) is 9.59 Å². The van der Waals surface area contributed by atoms with E-state index in [1.54, 1.807) is 10.8 Å². The Hall–Kier alpha value is -5.62. The van der Waals surface area contributed by atoms with Gasteiger partial charge < -0.3 is 9.91 Å². The van der Waals surface area contributed by atoms with Crippen molar-refractivity contribution in [3.05, 3.63) is 107 Å². The molecule has 12 heteroatoms. The van der Waals surface area contributed by atoms with Crippen LogP contribution in [0.2, 0.25) is 0 Å². The van der Waals surface area contributed by atoms with E-state index in [1.165, 1.54) is 11.9 Å². The van der Waals surface area contributed by atoms with Gasteiger partial charge in [-0.05, 0) is 67.1 Å². The highest BCUT2D eigenvalue weighted by Gasteiger charge is 2.26. The standard InChI is InChI=1S/C35H34N10O2/c1-3-44-31-19-37-30-11-6-24(25-7-10-29(36-17-25)26-18-40-42(2)20-26)16-28(30)32(31)45(35(44)47)27-8-4-22(5-9-27)23-12-14-43(15-13-23)34(46)33-38-21-39-41-33/h4-11,16-17,19-21,23,40H,3,12-15,18H2,1-2H3,(H,38,39,41). The van der Waals surface area contributed by atoms with Crippen molar-refractivity contribution >= 4 is 33.4 Å². The van der Waals surface area contributed by atoms with Gasteiger partial charge in [0.2, 0.25) is 5.82 Å². The minimum absolute atomic E-state index is 0.0939.